The van der Waals surface area contributed by atoms with Crippen LogP contribution in [-0.4, -0.2) is 47.3 Å². The van der Waals surface area contributed by atoms with Crippen molar-refractivity contribution >= 4 is 116 Å². The molecule has 0 bridgehead atoms. The van der Waals surface area contributed by atoms with Gasteiger partial charge in [-0.1, -0.05) is 58.5 Å². The number of anilines is 4. The van der Waals surface area contributed by atoms with Gasteiger partial charge >= 0.3 is 12.4 Å². The monoisotopic (exact) mass is 1020 g/mol. The molecule has 0 aromatic heterocycles. The van der Waals surface area contributed by atoms with Crippen LogP contribution in [0.5, 0.6) is 0 Å². The summed E-state index contributed by atoms with van der Waals surface area (Å²) in [6.07, 6.45) is -9.59. The minimum absolute atomic E-state index is 0.0619. The Morgan fingerprint density at radius 2 is 0.912 bits per heavy atom. The average molecular weight is 1020 g/mol. The summed E-state index contributed by atoms with van der Waals surface area (Å²) in [6.45, 7) is 5.28. The molecule has 0 aliphatic heterocycles. The third-order valence-corrected chi connectivity index (χ3v) is 10.9. The predicted molar refractivity (Wildman–Crippen MR) is 243 cm³/mol. The van der Waals surface area contributed by atoms with E-state index in [1.807, 2.05) is 0 Å². The maximum Gasteiger partial charge on any atom is 0.417 e. The molecular formula is C44H32Cl4F6N8O6. The zero-order valence-corrected chi connectivity index (χ0v) is 38.3. The summed E-state index contributed by atoms with van der Waals surface area (Å²) in [5, 5.41) is 23.5. The molecule has 24 heteroatoms. The molecule has 4 N–H and O–H groups in total. The molecular weight excluding hydrogens is 992 g/mol. The smallest absolute Gasteiger partial charge is 0.324 e. The van der Waals surface area contributed by atoms with E-state index in [4.69, 9.17) is 46.4 Å². The first-order chi connectivity index (χ1) is 31.8. The van der Waals surface area contributed by atoms with Gasteiger partial charge in [0, 0.05) is 11.4 Å². The first-order valence-corrected chi connectivity index (χ1v) is 20.8. The predicted octanol–water partition coefficient (Wildman–Crippen LogP) is 12.8. The van der Waals surface area contributed by atoms with E-state index in [-0.39, 0.29) is 55.3 Å². The summed E-state index contributed by atoms with van der Waals surface area (Å²) in [6, 6.07) is 12.6. The van der Waals surface area contributed by atoms with Gasteiger partial charge in [-0.15, -0.1) is 0 Å². The minimum Gasteiger partial charge on any atom is -0.324 e. The minimum atomic E-state index is -4.80. The van der Waals surface area contributed by atoms with Crippen molar-refractivity contribution in [3.63, 3.8) is 0 Å². The second-order valence-corrected chi connectivity index (χ2v) is 16.1. The van der Waals surface area contributed by atoms with Crippen LogP contribution in [0.25, 0.3) is 0 Å². The highest BCUT2D eigenvalue weighted by atomic mass is 35.5. The number of hydrogen-bond acceptors (Lipinski definition) is 10. The quantitative estimate of drug-likeness (QED) is 0.0484. The summed E-state index contributed by atoms with van der Waals surface area (Å²) >= 11 is 24.2. The van der Waals surface area contributed by atoms with Gasteiger partial charge in [0.05, 0.1) is 65.1 Å². The van der Waals surface area contributed by atoms with Crippen LogP contribution in [0, 0.1) is 13.8 Å². The fourth-order valence-electron chi connectivity index (χ4n) is 6.09. The van der Waals surface area contributed by atoms with E-state index in [2.05, 4.69) is 41.7 Å². The molecule has 5 aromatic rings. The number of nitrogens with one attached hydrogen (secondary N) is 4. The third-order valence-electron chi connectivity index (χ3n) is 9.39. The zero-order chi connectivity index (χ0) is 50.4. The summed E-state index contributed by atoms with van der Waals surface area (Å²) in [4.78, 5) is 78.0. The second kappa shape index (κ2) is 21.5. The topological polar surface area (TPSA) is 200 Å². The molecule has 2 atom stereocenters. The van der Waals surface area contributed by atoms with Crippen LogP contribution in [0.15, 0.2) is 105 Å². The van der Waals surface area contributed by atoms with Gasteiger partial charge in [-0.2, -0.15) is 46.8 Å². The Kier molecular flexibility index (Phi) is 16.5. The Labute approximate surface area is 401 Å². The highest BCUT2D eigenvalue weighted by Crippen LogP contribution is 2.40. The number of carbonyl (C=O) groups is 6. The molecule has 4 amide bonds. The Bertz CT molecular complexity index is 2910. The maximum atomic E-state index is 13.4. The largest absolute Gasteiger partial charge is 0.417 e. The van der Waals surface area contributed by atoms with Crippen molar-refractivity contribution in [3.05, 3.63) is 138 Å². The van der Waals surface area contributed by atoms with Gasteiger partial charge in [0.15, 0.2) is 11.6 Å². The van der Waals surface area contributed by atoms with Gasteiger partial charge < -0.3 is 21.3 Å². The number of Topliss-reactive ketones (excluding diaryl/α,β-unsaturated/α-hetero) is 2. The van der Waals surface area contributed by atoms with Crippen LogP contribution in [0.1, 0.15) is 56.8 Å². The molecule has 2 unspecified atom stereocenters. The molecule has 0 fully saturated rings. The number of benzene rings is 5. The maximum absolute atomic E-state index is 13.4. The van der Waals surface area contributed by atoms with E-state index in [0.29, 0.717) is 11.1 Å². The number of hydrogen-bond donors (Lipinski definition) is 4. The van der Waals surface area contributed by atoms with E-state index >= 15 is 0 Å². The van der Waals surface area contributed by atoms with Crippen LogP contribution in [0.2, 0.25) is 20.1 Å². The van der Waals surface area contributed by atoms with Gasteiger partial charge in [-0.05, 0) is 112 Å². The van der Waals surface area contributed by atoms with E-state index in [0.717, 1.165) is 62.4 Å². The lowest BCUT2D eigenvalue weighted by molar-refractivity contribution is -0.138. The number of carbonyl (C=O) groups excluding carboxylic acids is 6. The molecule has 0 spiro atoms. The molecule has 0 radical (unpaired) electrons. The molecule has 0 aliphatic carbocycles. The molecule has 354 valence electrons. The summed E-state index contributed by atoms with van der Waals surface area (Å²) < 4.78 is 80.1. The lowest BCUT2D eigenvalue weighted by atomic mass is 10.1. The standard InChI is InChI=1S/C44H32Cl4F6N8O6/c1-19-15-25(55-41(67)37(21(3)63)61-59-23-11-13-30(45)26(17-23)39(65)56-32-9-5-7-28(34(32)47)43(49,50)51)16-20(2)36(19)58-42(68)38(22(4)64)62-60-24-12-14-31(46)27(18-24)40(66)57-33-10-6-8-29(35(33)48)44(52,53)54/h5-18,37-38H,1-4H3,(H,55,67)(H,56,65)(H,57,66)(H,58,68). The van der Waals surface area contributed by atoms with E-state index < -0.39 is 80.8 Å². The summed E-state index contributed by atoms with van der Waals surface area (Å²) in [5.74, 6) is -5.23. The second-order valence-electron chi connectivity index (χ2n) is 14.5. The van der Waals surface area contributed by atoms with Crippen molar-refractivity contribution < 1.29 is 55.1 Å². The van der Waals surface area contributed by atoms with Gasteiger partial charge in [-0.3, -0.25) is 28.8 Å². The fraction of sp³-hybridized carbons (Fsp3) is 0.182. The van der Waals surface area contributed by atoms with E-state index in [1.54, 1.807) is 13.8 Å². The number of alkyl halides is 6. The summed E-state index contributed by atoms with van der Waals surface area (Å²) in [5.41, 5.74) is -2.55. The number of amides is 4. The Hall–Kier alpha value is -6.74. The first kappa shape index (κ1) is 52.2. The lowest BCUT2D eigenvalue weighted by Crippen LogP contribution is -2.33. The van der Waals surface area contributed by atoms with Crippen LogP contribution >= 0.6 is 46.4 Å². The van der Waals surface area contributed by atoms with Crippen LogP contribution in [0.4, 0.5) is 60.5 Å². The molecule has 14 nitrogen and oxygen atoms in total. The fourth-order valence-corrected chi connectivity index (χ4v) is 7.06. The third kappa shape index (κ3) is 12.8. The Morgan fingerprint density at radius 3 is 1.28 bits per heavy atom. The lowest BCUT2D eigenvalue weighted by Gasteiger charge is -2.17. The highest BCUT2D eigenvalue weighted by molar-refractivity contribution is 6.37. The molecule has 0 saturated carbocycles. The molecule has 0 saturated heterocycles. The average Bonchev–Trinajstić information content (AvgIpc) is 3.23. The molecule has 68 heavy (non-hydrogen) atoms. The number of halogens is 10. The molecule has 0 aliphatic rings. The van der Waals surface area contributed by atoms with Gasteiger partial charge in [0.2, 0.25) is 12.1 Å². The van der Waals surface area contributed by atoms with Crippen LogP contribution in [0.3, 0.4) is 0 Å². The zero-order valence-electron chi connectivity index (χ0n) is 35.3. The van der Waals surface area contributed by atoms with Gasteiger partial charge in [0.1, 0.15) is 0 Å². The van der Waals surface area contributed by atoms with Gasteiger partial charge in [-0.25, -0.2) is 0 Å². The number of aryl methyl sites for hydroxylation is 2. The van der Waals surface area contributed by atoms with Crippen molar-refractivity contribution in [1.29, 1.82) is 0 Å². The van der Waals surface area contributed by atoms with E-state index in [9.17, 15) is 55.1 Å². The number of azo groups is 2. The summed E-state index contributed by atoms with van der Waals surface area (Å²) in [7, 11) is 0. The molecule has 5 aromatic carbocycles. The van der Waals surface area contributed by atoms with Crippen molar-refractivity contribution in [1.82, 2.24) is 0 Å². The van der Waals surface area contributed by atoms with Crippen molar-refractivity contribution in [2.24, 2.45) is 20.5 Å². The molecule has 5 rings (SSSR count). The van der Waals surface area contributed by atoms with Crippen LogP contribution in [-0.2, 0) is 31.5 Å². The van der Waals surface area contributed by atoms with E-state index in [1.165, 1.54) is 36.4 Å². The molecule has 0 heterocycles. The number of rotatable bonds is 14. The Balaban J connectivity index is 1.27. The van der Waals surface area contributed by atoms with Crippen LogP contribution < -0.4 is 21.3 Å². The van der Waals surface area contributed by atoms with Crippen molar-refractivity contribution in [2.45, 2.75) is 52.1 Å². The van der Waals surface area contributed by atoms with Gasteiger partial charge in [0.25, 0.3) is 23.6 Å². The normalized spacial score (nSPS) is 12.7. The van der Waals surface area contributed by atoms with Crippen molar-refractivity contribution in [3.8, 4) is 0 Å². The SMILES string of the molecule is CC(=O)C(N=Nc1ccc(Cl)c(C(=O)Nc2cccc(C(F)(F)F)c2Cl)c1)C(=O)Nc1cc(C)c(NC(=O)C(N=Nc2ccc(Cl)c(C(=O)Nc3cccc(C(F)(F)F)c3Cl)c2)C(C)=O)c(C)c1. The highest BCUT2D eigenvalue weighted by Gasteiger charge is 2.35. The Morgan fingerprint density at radius 1 is 0.529 bits per heavy atom. The van der Waals surface area contributed by atoms with Crippen molar-refractivity contribution in [2.75, 3.05) is 21.3 Å². The number of nitrogens with zero attached hydrogens (tertiary/aromatic N) is 4. The first-order valence-electron chi connectivity index (χ1n) is 19.3. The number of ketones is 2.